The van der Waals surface area contributed by atoms with Crippen molar-refractivity contribution in [3.8, 4) is 5.75 Å². The zero-order valence-corrected chi connectivity index (χ0v) is 16.9. The molecule has 2 aromatic carbocycles. The van der Waals surface area contributed by atoms with Gasteiger partial charge < -0.3 is 9.84 Å². The Labute approximate surface area is 159 Å². The largest absolute Gasteiger partial charge is 0.492 e. The molecule has 0 aliphatic rings. The molecule has 2 rings (SSSR count). The fourth-order valence-electron chi connectivity index (χ4n) is 2.04. The second-order valence-corrected chi connectivity index (χ2v) is 7.06. The zero-order valence-electron chi connectivity index (χ0n) is 15.2. The number of carbonyl (C=O) groups is 1. The molecule has 0 saturated carbocycles. The fourth-order valence-corrected chi connectivity index (χ4v) is 3.26. The van der Waals surface area contributed by atoms with Crippen molar-refractivity contribution in [2.45, 2.75) is 36.5 Å². The Balaban J connectivity index is 0.000000257. The van der Waals surface area contributed by atoms with Gasteiger partial charge in [-0.05, 0) is 55.7 Å². The Morgan fingerprint density at radius 3 is 2.32 bits per heavy atom. The van der Waals surface area contributed by atoms with Gasteiger partial charge in [0.1, 0.15) is 5.75 Å². The molecule has 3 nitrogen and oxygen atoms in total. The average molecular weight is 379 g/mol. The molecule has 25 heavy (non-hydrogen) atoms. The van der Waals surface area contributed by atoms with Gasteiger partial charge in [0.15, 0.2) is 0 Å². The molecule has 0 aliphatic heterocycles. The van der Waals surface area contributed by atoms with Gasteiger partial charge in [0.05, 0.1) is 12.2 Å². The van der Waals surface area contributed by atoms with Gasteiger partial charge in [-0.3, -0.25) is 0 Å². The van der Waals surface area contributed by atoms with Crippen LogP contribution in [0.15, 0.2) is 52.3 Å². The summed E-state index contributed by atoms with van der Waals surface area (Å²) in [6.07, 6.45) is 6.26. The zero-order chi connectivity index (χ0) is 18.7. The first kappa shape index (κ1) is 21.5. The summed E-state index contributed by atoms with van der Waals surface area (Å²) in [5.41, 5.74) is 1.66. The molecule has 2 aromatic rings. The number of hydrogen-bond acceptors (Lipinski definition) is 4. The minimum Gasteiger partial charge on any atom is -0.492 e. The Kier molecular flexibility index (Phi) is 10.2. The Morgan fingerprint density at radius 1 is 1.08 bits per heavy atom. The van der Waals surface area contributed by atoms with Gasteiger partial charge in [0, 0.05) is 9.79 Å². The molecular formula is C20H26O3S2. The van der Waals surface area contributed by atoms with Crippen LogP contribution in [0.3, 0.4) is 0 Å². The molecule has 0 spiro atoms. The standard InChI is InChI=1S/C12H18OS.C8H8O2S/c1-4-5-8-13-11-7-6-10(2)9-12(11)14-3;1-11-7-5-3-2-4-6(7)8(9)10/h6-7,9H,4-5,8H2,1-3H3;2-5H,1H3,(H,9,10). The molecule has 0 radical (unpaired) electrons. The van der Waals surface area contributed by atoms with E-state index in [1.54, 1.807) is 30.0 Å². The van der Waals surface area contributed by atoms with E-state index >= 15 is 0 Å². The van der Waals surface area contributed by atoms with E-state index in [0.717, 1.165) is 23.7 Å². The summed E-state index contributed by atoms with van der Waals surface area (Å²) in [5, 5.41) is 8.68. The van der Waals surface area contributed by atoms with Crippen LogP contribution in [0.5, 0.6) is 5.75 Å². The van der Waals surface area contributed by atoms with Crippen molar-refractivity contribution in [3.05, 3.63) is 53.6 Å². The maximum Gasteiger partial charge on any atom is 0.336 e. The number of benzene rings is 2. The summed E-state index contributed by atoms with van der Waals surface area (Å²) in [7, 11) is 0. The second-order valence-electron chi connectivity index (χ2n) is 5.36. The summed E-state index contributed by atoms with van der Waals surface area (Å²) >= 11 is 3.19. The predicted octanol–water partition coefficient (Wildman–Crippen LogP) is 6.00. The molecule has 0 atom stereocenters. The number of ether oxygens (including phenoxy) is 1. The molecule has 0 aromatic heterocycles. The maximum absolute atomic E-state index is 10.6. The van der Waals surface area contributed by atoms with Crippen molar-refractivity contribution >= 4 is 29.5 Å². The molecule has 0 fully saturated rings. The number of unbranched alkanes of at least 4 members (excludes halogenated alkanes) is 1. The predicted molar refractivity (Wildman–Crippen MR) is 109 cm³/mol. The highest BCUT2D eigenvalue weighted by Crippen LogP contribution is 2.28. The van der Waals surface area contributed by atoms with Gasteiger partial charge >= 0.3 is 5.97 Å². The molecule has 5 heteroatoms. The summed E-state index contributed by atoms with van der Waals surface area (Å²) in [4.78, 5) is 12.6. The van der Waals surface area contributed by atoms with Crippen LogP contribution in [0.4, 0.5) is 0 Å². The molecule has 0 amide bonds. The average Bonchev–Trinajstić information content (AvgIpc) is 2.63. The van der Waals surface area contributed by atoms with Crippen LogP contribution in [0.2, 0.25) is 0 Å². The Hall–Kier alpha value is -1.59. The van der Waals surface area contributed by atoms with Crippen molar-refractivity contribution in [1.82, 2.24) is 0 Å². The lowest BCUT2D eigenvalue weighted by molar-refractivity contribution is 0.0693. The first-order valence-corrected chi connectivity index (χ1v) is 10.6. The van der Waals surface area contributed by atoms with Crippen molar-refractivity contribution < 1.29 is 14.6 Å². The quantitative estimate of drug-likeness (QED) is 0.473. The SMILES string of the molecule is CCCCOc1ccc(C)cc1SC.CSc1ccccc1C(=O)O. The fraction of sp³-hybridized carbons (Fsp3) is 0.350. The first-order chi connectivity index (χ1) is 12.0. The van der Waals surface area contributed by atoms with Crippen molar-refractivity contribution in [2.24, 2.45) is 0 Å². The van der Waals surface area contributed by atoms with E-state index in [2.05, 4.69) is 38.3 Å². The molecule has 0 aliphatic carbocycles. The lowest BCUT2D eigenvalue weighted by Gasteiger charge is -2.09. The van der Waals surface area contributed by atoms with Crippen LogP contribution in [0, 0.1) is 6.92 Å². The van der Waals surface area contributed by atoms with Crippen molar-refractivity contribution in [1.29, 1.82) is 0 Å². The highest BCUT2D eigenvalue weighted by Gasteiger charge is 2.06. The maximum atomic E-state index is 10.6. The van der Waals surface area contributed by atoms with Crippen LogP contribution in [0.25, 0.3) is 0 Å². The van der Waals surface area contributed by atoms with Gasteiger partial charge in [-0.15, -0.1) is 23.5 Å². The summed E-state index contributed by atoms with van der Waals surface area (Å²) in [6.45, 7) is 5.11. The van der Waals surface area contributed by atoms with Gasteiger partial charge in [0.25, 0.3) is 0 Å². The number of aryl methyl sites for hydroxylation is 1. The molecular weight excluding hydrogens is 352 g/mol. The summed E-state index contributed by atoms with van der Waals surface area (Å²) in [5.74, 6) is 0.159. The van der Waals surface area contributed by atoms with Crippen LogP contribution >= 0.6 is 23.5 Å². The van der Waals surface area contributed by atoms with Crippen LogP contribution in [-0.4, -0.2) is 30.2 Å². The number of aromatic carboxylic acids is 1. The van der Waals surface area contributed by atoms with Gasteiger partial charge in [-0.1, -0.05) is 31.5 Å². The van der Waals surface area contributed by atoms with E-state index in [9.17, 15) is 4.79 Å². The molecule has 1 N–H and O–H groups in total. The minimum atomic E-state index is -0.866. The van der Waals surface area contributed by atoms with E-state index in [1.165, 1.54) is 28.6 Å². The molecule has 0 unspecified atom stereocenters. The summed E-state index contributed by atoms with van der Waals surface area (Å²) < 4.78 is 5.70. The van der Waals surface area contributed by atoms with Crippen LogP contribution < -0.4 is 4.74 Å². The van der Waals surface area contributed by atoms with Crippen molar-refractivity contribution in [2.75, 3.05) is 19.1 Å². The van der Waals surface area contributed by atoms with Gasteiger partial charge in [0.2, 0.25) is 0 Å². The van der Waals surface area contributed by atoms with Crippen LogP contribution in [-0.2, 0) is 0 Å². The van der Waals surface area contributed by atoms with Gasteiger partial charge in [-0.25, -0.2) is 4.79 Å². The Bertz CT molecular complexity index is 672. The lowest BCUT2D eigenvalue weighted by Crippen LogP contribution is -1.97. The third kappa shape index (κ3) is 7.45. The highest BCUT2D eigenvalue weighted by molar-refractivity contribution is 7.99. The smallest absolute Gasteiger partial charge is 0.336 e. The Morgan fingerprint density at radius 2 is 1.76 bits per heavy atom. The lowest BCUT2D eigenvalue weighted by atomic mass is 10.2. The second kappa shape index (κ2) is 11.9. The van der Waals surface area contributed by atoms with Gasteiger partial charge in [-0.2, -0.15) is 0 Å². The van der Waals surface area contributed by atoms with Crippen molar-refractivity contribution in [3.63, 3.8) is 0 Å². The van der Waals surface area contributed by atoms with E-state index in [-0.39, 0.29) is 0 Å². The number of thioether (sulfide) groups is 2. The molecule has 0 heterocycles. The minimum absolute atomic E-state index is 0.375. The summed E-state index contributed by atoms with van der Waals surface area (Å²) in [6, 6.07) is 13.3. The number of carboxylic acids is 1. The van der Waals surface area contributed by atoms with E-state index < -0.39 is 5.97 Å². The van der Waals surface area contributed by atoms with E-state index in [0.29, 0.717) is 5.56 Å². The normalized spacial score (nSPS) is 9.92. The third-order valence-electron chi connectivity index (χ3n) is 3.41. The van der Waals surface area contributed by atoms with E-state index in [4.69, 9.17) is 9.84 Å². The molecule has 0 bridgehead atoms. The topological polar surface area (TPSA) is 46.5 Å². The molecule has 0 saturated heterocycles. The first-order valence-electron chi connectivity index (χ1n) is 8.17. The monoisotopic (exact) mass is 378 g/mol. The molecule has 136 valence electrons. The van der Waals surface area contributed by atoms with E-state index in [1.807, 2.05) is 12.3 Å². The highest BCUT2D eigenvalue weighted by atomic mass is 32.2. The number of rotatable bonds is 7. The number of carboxylic acid groups (broad SMARTS) is 1. The van der Waals surface area contributed by atoms with Crippen LogP contribution in [0.1, 0.15) is 35.7 Å². The third-order valence-corrected chi connectivity index (χ3v) is 4.97. The number of hydrogen-bond donors (Lipinski definition) is 1.